The molecule has 134 valence electrons. The van der Waals surface area contributed by atoms with E-state index in [-0.39, 0.29) is 18.7 Å². The number of methoxy groups -OCH3 is 1. The number of benzene rings is 2. The van der Waals surface area contributed by atoms with Gasteiger partial charge in [0.25, 0.3) is 0 Å². The van der Waals surface area contributed by atoms with Crippen LogP contribution in [0.2, 0.25) is 0 Å². The maximum Gasteiger partial charge on any atom is 0.328 e. The minimum absolute atomic E-state index is 0.146. The molecule has 0 aromatic heterocycles. The lowest BCUT2D eigenvalue weighted by atomic mass is 9.75. The van der Waals surface area contributed by atoms with Crippen LogP contribution in [-0.4, -0.2) is 25.0 Å². The van der Waals surface area contributed by atoms with E-state index in [9.17, 15) is 9.59 Å². The van der Waals surface area contributed by atoms with Crippen LogP contribution >= 0.6 is 0 Å². The van der Waals surface area contributed by atoms with Crippen molar-refractivity contribution < 1.29 is 14.3 Å². The van der Waals surface area contributed by atoms with Crippen molar-refractivity contribution >= 4 is 11.9 Å². The number of hydrogen-bond acceptors (Lipinski definition) is 4. The van der Waals surface area contributed by atoms with Crippen LogP contribution in [0, 0.1) is 11.3 Å². The normalized spacial score (nSPS) is 11.9. The van der Waals surface area contributed by atoms with Gasteiger partial charge in [0, 0.05) is 6.42 Å². The third kappa shape index (κ3) is 4.09. The van der Waals surface area contributed by atoms with Crippen molar-refractivity contribution in [1.82, 2.24) is 5.32 Å². The van der Waals surface area contributed by atoms with Crippen molar-refractivity contribution in [2.75, 3.05) is 7.11 Å². The maximum absolute atomic E-state index is 13.3. The van der Waals surface area contributed by atoms with Gasteiger partial charge in [0.15, 0.2) is 0 Å². The van der Waals surface area contributed by atoms with Crippen LogP contribution in [0.5, 0.6) is 0 Å². The summed E-state index contributed by atoms with van der Waals surface area (Å²) in [5, 5.41) is 11.6. The third-order valence-corrected chi connectivity index (χ3v) is 4.49. The van der Waals surface area contributed by atoms with Gasteiger partial charge in [0.1, 0.15) is 6.04 Å². The molecule has 2 rings (SSSR count). The summed E-state index contributed by atoms with van der Waals surface area (Å²) in [7, 11) is 1.27. The number of esters is 1. The zero-order valence-electron chi connectivity index (χ0n) is 14.9. The number of amides is 1. The molecular formula is C21H22N2O3. The first-order valence-corrected chi connectivity index (χ1v) is 8.40. The molecule has 0 fully saturated rings. The summed E-state index contributed by atoms with van der Waals surface area (Å²) in [5.41, 5.74) is 0.640. The molecule has 1 atom stereocenters. The van der Waals surface area contributed by atoms with E-state index < -0.39 is 17.4 Å². The van der Waals surface area contributed by atoms with Crippen molar-refractivity contribution in [3.63, 3.8) is 0 Å². The van der Waals surface area contributed by atoms with E-state index in [0.29, 0.717) is 0 Å². The fourth-order valence-corrected chi connectivity index (χ4v) is 2.87. The van der Waals surface area contributed by atoms with Gasteiger partial charge >= 0.3 is 5.97 Å². The van der Waals surface area contributed by atoms with E-state index in [1.54, 1.807) is 0 Å². The first-order chi connectivity index (χ1) is 12.5. The predicted octanol–water partition coefficient (Wildman–Crippen LogP) is 2.95. The Bertz CT molecular complexity index is 742. The summed E-state index contributed by atoms with van der Waals surface area (Å²) in [5.74, 6) is -0.875. The van der Waals surface area contributed by atoms with Crippen LogP contribution in [0.1, 0.15) is 30.9 Å². The van der Waals surface area contributed by atoms with E-state index in [1.165, 1.54) is 7.11 Å². The molecule has 5 heteroatoms. The number of carbonyl (C=O) groups is 2. The van der Waals surface area contributed by atoms with Crippen LogP contribution in [0.4, 0.5) is 0 Å². The Balaban J connectivity index is 2.41. The molecule has 2 aromatic rings. The highest BCUT2D eigenvalue weighted by Gasteiger charge is 2.39. The van der Waals surface area contributed by atoms with Crippen molar-refractivity contribution in [2.24, 2.45) is 0 Å². The molecule has 0 aliphatic rings. The van der Waals surface area contributed by atoms with Gasteiger partial charge < -0.3 is 10.1 Å². The Kier molecular flexibility index (Phi) is 6.51. The number of hydrogen-bond donors (Lipinski definition) is 1. The second kappa shape index (κ2) is 8.82. The average molecular weight is 350 g/mol. The molecule has 0 aliphatic heterocycles. The molecule has 1 amide bonds. The molecule has 0 heterocycles. The second-order valence-electron chi connectivity index (χ2n) is 6.10. The highest BCUT2D eigenvalue weighted by molar-refractivity contribution is 5.94. The molecule has 0 radical (unpaired) electrons. The molecule has 2 aromatic carbocycles. The monoisotopic (exact) mass is 350 g/mol. The van der Waals surface area contributed by atoms with Gasteiger partial charge in [-0.15, -0.1) is 0 Å². The van der Waals surface area contributed by atoms with E-state index in [4.69, 9.17) is 10.00 Å². The summed E-state index contributed by atoms with van der Waals surface area (Å²) >= 11 is 0. The summed E-state index contributed by atoms with van der Waals surface area (Å²) in [6.07, 6.45) is 0.349. The fourth-order valence-electron chi connectivity index (χ4n) is 2.87. The molecular weight excluding hydrogens is 328 g/mol. The first kappa shape index (κ1) is 19.2. The van der Waals surface area contributed by atoms with E-state index in [2.05, 4.69) is 5.32 Å². The SMILES string of the molecule is COC(=O)[C@H](CCC#N)NC(=O)C(C)(c1ccccc1)c1ccccc1. The molecule has 26 heavy (non-hydrogen) atoms. The fraction of sp³-hybridized carbons (Fsp3) is 0.286. The highest BCUT2D eigenvalue weighted by Crippen LogP contribution is 2.32. The zero-order valence-corrected chi connectivity index (χ0v) is 14.9. The summed E-state index contributed by atoms with van der Waals surface area (Å²) in [6, 6.07) is 19.9. The average Bonchev–Trinajstić information content (AvgIpc) is 2.70. The van der Waals surface area contributed by atoms with Crippen molar-refractivity contribution in [2.45, 2.75) is 31.2 Å². The number of rotatable bonds is 7. The smallest absolute Gasteiger partial charge is 0.328 e. The van der Waals surface area contributed by atoms with E-state index in [0.717, 1.165) is 11.1 Å². The molecule has 0 saturated carbocycles. The van der Waals surface area contributed by atoms with Crippen LogP contribution in [0.25, 0.3) is 0 Å². The van der Waals surface area contributed by atoms with Gasteiger partial charge in [-0.3, -0.25) is 4.79 Å². The first-order valence-electron chi connectivity index (χ1n) is 8.40. The largest absolute Gasteiger partial charge is 0.467 e. The van der Waals surface area contributed by atoms with Gasteiger partial charge in [0.2, 0.25) is 5.91 Å². The molecule has 0 unspecified atom stereocenters. The van der Waals surface area contributed by atoms with Crippen LogP contribution in [0.15, 0.2) is 60.7 Å². The number of ether oxygens (including phenoxy) is 1. The molecule has 0 spiro atoms. The second-order valence-corrected chi connectivity index (χ2v) is 6.10. The topological polar surface area (TPSA) is 79.2 Å². The van der Waals surface area contributed by atoms with Gasteiger partial charge in [0.05, 0.1) is 18.6 Å². The number of nitriles is 1. The van der Waals surface area contributed by atoms with Crippen LogP contribution in [-0.2, 0) is 19.7 Å². The minimum Gasteiger partial charge on any atom is -0.467 e. The van der Waals surface area contributed by atoms with Gasteiger partial charge in [-0.25, -0.2) is 4.79 Å². The van der Waals surface area contributed by atoms with Crippen LogP contribution in [0.3, 0.4) is 0 Å². The zero-order chi connectivity index (χ0) is 19.0. The summed E-state index contributed by atoms with van der Waals surface area (Å²) in [6.45, 7) is 1.83. The van der Waals surface area contributed by atoms with Gasteiger partial charge in [-0.2, -0.15) is 5.26 Å². The standard InChI is InChI=1S/C21H22N2O3/c1-21(16-10-5-3-6-11-16,17-12-7-4-8-13-17)20(25)23-18(14-9-15-22)19(24)26-2/h3-8,10-13,18H,9,14H2,1-2H3,(H,23,25)/t18-/m0/s1. The van der Waals surface area contributed by atoms with E-state index >= 15 is 0 Å². The lowest BCUT2D eigenvalue weighted by Crippen LogP contribution is -2.50. The molecule has 0 saturated heterocycles. The van der Waals surface area contributed by atoms with Crippen molar-refractivity contribution in [1.29, 1.82) is 5.26 Å². The lowest BCUT2D eigenvalue weighted by molar-refractivity contribution is -0.145. The maximum atomic E-state index is 13.3. The Labute approximate surface area is 153 Å². The Morgan fingerprint density at radius 2 is 1.58 bits per heavy atom. The number of carbonyl (C=O) groups excluding carboxylic acids is 2. The molecule has 5 nitrogen and oxygen atoms in total. The van der Waals surface area contributed by atoms with Gasteiger partial charge in [-0.05, 0) is 24.5 Å². The van der Waals surface area contributed by atoms with Crippen LogP contribution < -0.4 is 5.32 Å². The number of nitrogens with one attached hydrogen (secondary N) is 1. The minimum atomic E-state index is -0.985. The quantitative estimate of drug-likeness (QED) is 0.779. The Hall–Kier alpha value is -3.13. The summed E-state index contributed by atoms with van der Waals surface area (Å²) in [4.78, 5) is 25.3. The third-order valence-electron chi connectivity index (χ3n) is 4.49. The molecule has 0 aliphatic carbocycles. The Morgan fingerprint density at radius 3 is 2.00 bits per heavy atom. The lowest BCUT2D eigenvalue weighted by Gasteiger charge is -2.31. The summed E-state index contributed by atoms with van der Waals surface area (Å²) < 4.78 is 4.77. The van der Waals surface area contributed by atoms with Gasteiger partial charge in [-0.1, -0.05) is 60.7 Å². The van der Waals surface area contributed by atoms with E-state index in [1.807, 2.05) is 73.7 Å². The van der Waals surface area contributed by atoms with Crippen molar-refractivity contribution in [3.05, 3.63) is 71.8 Å². The molecule has 1 N–H and O–H groups in total. The Morgan fingerprint density at radius 1 is 1.08 bits per heavy atom. The predicted molar refractivity (Wildman–Crippen MR) is 98.1 cm³/mol. The molecule has 0 bridgehead atoms. The van der Waals surface area contributed by atoms with Crippen molar-refractivity contribution in [3.8, 4) is 6.07 Å². The highest BCUT2D eigenvalue weighted by atomic mass is 16.5. The number of nitrogens with zero attached hydrogens (tertiary/aromatic N) is 1.